The first-order valence-corrected chi connectivity index (χ1v) is 6.96. The summed E-state index contributed by atoms with van der Waals surface area (Å²) < 4.78 is 0. The van der Waals surface area contributed by atoms with Crippen LogP contribution in [0.3, 0.4) is 0 Å². The monoisotopic (exact) mass is 222 g/mol. The highest BCUT2D eigenvalue weighted by molar-refractivity contribution is 5.95. The lowest BCUT2D eigenvalue weighted by Crippen LogP contribution is -2.72. The first-order valence-electron chi connectivity index (χ1n) is 6.96. The quantitative estimate of drug-likeness (QED) is 0.712. The van der Waals surface area contributed by atoms with Crippen LogP contribution in [0.2, 0.25) is 0 Å². The molecule has 1 heteroatoms. The minimum atomic E-state index is 0.476. The van der Waals surface area contributed by atoms with Gasteiger partial charge in [-0.15, -0.1) is 0 Å². The highest BCUT2D eigenvalue weighted by Gasteiger charge is 2.93. The van der Waals surface area contributed by atoms with E-state index in [0.717, 1.165) is 29.6 Å². The number of ketones is 1. The third-order valence-corrected chi connectivity index (χ3v) is 7.16. The second kappa shape index (κ2) is 2.00. The second-order valence-corrected chi connectivity index (χ2v) is 6.89. The SMILES string of the molecule is O=C1C2C3CC4C2C2C1C3C42c1ccccc1. The van der Waals surface area contributed by atoms with Crippen LogP contribution in [0.25, 0.3) is 0 Å². The van der Waals surface area contributed by atoms with E-state index in [1.807, 2.05) is 0 Å². The molecule has 0 heterocycles. The number of benzene rings is 1. The fourth-order valence-electron chi connectivity index (χ4n) is 7.27. The van der Waals surface area contributed by atoms with Gasteiger partial charge in [0.1, 0.15) is 5.78 Å². The maximum atomic E-state index is 12.3. The Morgan fingerprint density at radius 3 is 2.65 bits per heavy atom. The van der Waals surface area contributed by atoms with Crippen LogP contribution < -0.4 is 0 Å². The predicted molar refractivity (Wildman–Crippen MR) is 62.2 cm³/mol. The van der Waals surface area contributed by atoms with Gasteiger partial charge in [-0.2, -0.15) is 0 Å². The van der Waals surface area contributed by atoms with Crippen molar-refractivity contribution in [3.05, 3.63) is 35.9 Å². The molecule has 6 aliphatic rings. The highest BCUT2D eigenvalue weighted by Crippen LogP contribution is 2.92. The van der Waals surface area contributed by atoms with E-state index in [2.05, 4.69) is 30.3 Å². The van der Waals surface area contributed by atoms with Crippen LogP contribution in [0.4, 0.5) is 0 Å². The summed E-state index contributed by atoms with van der Waals surface area (Å²) in [6, 6.07) is 11.1. The van der Waals surface area contributed by atoms with Crippen LogP contribution in [0.1, 0.15) is 12.0 Å². The Labute approximate surface area is 100 Å². The van der Waals surface area contributed by atoms with Gasteiger partial charge in [0.25, 0.3) is 0 Å². The number of carbonyl (C=O) groups excluding carboxylic acids is 1. The second-order valence-electron chi connectivity index (χ2n) is 6.89. The topological polar surface area (TPSA) is 17.1 Å². The molecule has 17 heavy (non-hydrogen) atoms. The Kier molecular flexibility index (Phi) is 0.950. The van der Waals surface area contributed by atoms with Gasteiger partial charge in [-0.25, -0.2) is 0 Å². The number of carbonyl (C=O) groups is 1. The summed E-state index contributed by atoms with van der Waals surface area (Å²) in [4.78, 5) is 12.3. The number of rotatable bonds is 1. The normalized spacial score (nSPS) is 62.8. The van der Waals surface area contributed by atoms with E-state index >= 15 is 0 Å². The molecule has 0 N–H and O–H groups in total. The molecule has 1 aromatic rings. The van der Waals surface area contributed by atoms with Crippen LogP contribution in [0, 0.1) is 41.4 Å². The van der Waals surface area contributed by atoms with Gasteiger partial charge in [0.05, 0.1) is 0 Å². The van der Waals surface area contributed by atoms with Crippen molar-refractivity contribution in [2.45, 2.75) is 11.8 Å². The van der Waals surface area contributed by atoms with Crippen molar-refractivity contribution >= 4 is 5.78 Å². The van der Waals surface area contributed by atoms with E-state index < -0.39 is 0 Å². The van der Waals surface area contributed by atoms with Crippen molar-refractivity contribution in [3.63, 3.8) is 0 Å². The summed E-state index contributed by atoms with van der Waals surface area (Å²) in [5.74, 6) is 5.66. The Balaban J connectivity index is 1.63. The number of hydrogen-bond donors (Lipinski definition) is 0. The minimum Gasteiger partial charge on any atom is -0.299 e. The first kappa shape index (κ1) is 8.07. The largest absolute Gasteiger partial charge is 0.299 e. The van der Waals surface area contributed by atoms with Gasteiger partial charge in [-0.3, -0.25) is 4.79 Å². The summed E-state index contributed by atoms with van der Waals surface area (Å²) >= 11 is 0. The fraction of sp³-hybridized carbons (Fsp3) is 0.562. The summed E-state index contributed by atoms with van der Waals surface area (Å²) in [7, 11) is 0. The van der Waals surface area contributed by atoms with Crippen molar-refractivity contribution in [1.82, 2.24) is 0 Å². The Morgan fingerprint density at radius 2 is 1.88 bits per heavy atom. The molecule has 6 saturated carbocycles. The summed E-state index contributed by atoms with van der Waals surface area (Å²) in [6.07, 6.45) is 1.37. The van der Waals surface area contributed by atoms with E-state index in [9.17, 15) is 4.79 Å². The Morgan fingerprint density at radius 1 is 1.06 bits per heavy atom. The van der Waals surface area contributed by atoms with Crippen LogP contribution in [-0.2, 0) is 10.2 Å². The van der Waals surface area contributed by atoms with Crippen molar-refractivity contribution in [3.8, 4) is 0 Å². The third kappa shape index (κ3) is 0.492. The molecule has 0 radical (unpaired) electrons. The lowest BCUT2D eigenvalue weighted by Gasteiger charge is -2.72. The zero-order valence-corrected chi connectivity index (χ0v) is 9.54. The average Bonchev–Trinajstić information content (AvgIpc) is 2.84. The van der Waals surface area contributed by atoms with Gasteiger partial charge in [0.2, 0.25) is 0 Å². The molecule has 1 nitrogen and oxygen atoms in total. The maximum Gasteiger partial charge on any atom is 0.140 e. The summed E-state index contributed by atoms with van der Waals surface area (Å²) in [6.45, 7) is 0. The Bertz CT molecular complexity index is 574. The molecular formula is C16H14O. The molecule has 1 aromatic carbocycles. The van der Waals surface area contributed by atoms with Crippen LogP contribution in [0.15, 0.2) is 30.3 Å². The maximum absolute atomic E-state index is 12.3. The van der Waals surface area contributed by atoms with Gasteiger partial charge in [-0.05, 0) is 41.6 Å². The molecule has 0 aromatic heterocycles. The molecule has 6 aliphatic carbocycles. The van der Waals surface area contributed by atoms with E-state index in [4.69, 9.17) is 0 Å². The third-order valence-electron chi connectivity index (χ3n) is 7.16. The molecular weight excluding hydrogens is 208 g/mol. The van der Waals surface area contributed by atoms with E-state index in [1.54, 1.807) is 5.56 Å². The molecule has 8 unspecified atom stereocenters. The summed E-state index contributed by atoms with van der Waals surface area (Å²) in [5.41, 5.74) is 2.03. The lowest BCUT2D eigenvalue weighted by molar-refractivity contribution is -0.202. The van der Waals surface area contributed by atoms with Gasteiger partial charge < -0.3 is 0 Å². The van der Waals surface area contributed by atoms with Crippen LogP contribution >= 0.6 is 0 Å². The molecule has 8 atom stereocenters. The van der Waals surface area contributed by atoms with Gasteiger partial charge >= 0.3 is 0 Å². The molecule has 0 amide bonds. The predicted octanol–water partition coefficient (Wildman–Crippen LogP) is 2.27. The van der Waals surface area contributed by atoms with Crippen LogP contribution in [0.5, 0.6) is 0 Å². The van der Waals surface area contributed by atoms with Crippen molar-refractivity contribution in [2.24, 2.45) is 41.4 Å². The zero-order chi connectivity index (χ0) is 10.9. The van der Waals surface area contributed by atoms with Gasteiger partial charge in [0, 0.05) is 17.3 Å². The fourth-order valence-corrected chi connectivity index (χ4v) is 7.27. The van der Waals surface area contributed by atoms with Crippen molar-refractivity contribution in [1.29, 1.82) is 0 Å². The van der Waals surface area contributed by atoms with Crippen LogP contribution in [-0.4, -0.2) is 5.78 Å². The Hall–Kier alpha value is -1.11. The molecule has 4 bridgehead atoms. The molecule has 0 spiro atoms. The smallest absolute Gasteiger partial charge is 0.140 e. The van der Waals surface area contributed by atoms with Gasteiger partial charge in [0.15, 0.2) is 0 Å². The minimum absolute atomic E-state index is 0.476. The van der Waals surface area contributed by atoms with Crippen molar-refractivity contribution < 1.29 is 4.79 Å². The van der Waals surface area contributed by atoms with Crippen molar-refractivity contribution in [2.75, 3.05) is 0 Å². The van der Waals surface area contributed by atoms with E-state index in [1.165, 1.54) is 6.42 Å². The molecule has 0 aliphatic heterocycles. The molecule has 7 rings (SSSR count). The van der Waals surface area contributed by atoms with E-state index in [-0.39, 0.29) is 0 Å². The molecule has 84 valence electrons. The van der Waals surface area contributed by atoms with Gasteiger partial charge in [-0.1, -0.05) is 30.3 Å². The number of Topliss-reactive ketones (excluding diaryl/α,β-unsaturated/α-hetero) is 1. The standard InChI is InChI=1S/C16H14O/c17-15-10-8-6-9-11(10)14-12(15)13(8)16(9,14)7-4-2-1-3-5-7/h1-5,8-14H,6H2. The highest BCUT2D eigenvalue weighted by atomic mass is 16.1. The molecule has 0 saturated heterocycles. The number of hydrogen-bond acceptors (Lipinski definition) is 1. The molecule has 6 fully saturated rings. The summed E-state index contributed by atoms with van der Waals surface area (Å²) in [5, 5.41) is 0. The average molecular weight is 222 g/mol. The lowest BCUT2D eigenvalue weighted by atomic mass is 9.30. The van der Waals surface area contributed by atoms with E-state index in [0.29, 0.717) is 23.0 Å². The zero-order valence-electron chi connectivity index (χ0n) is 9.54. The first-order chi connectivity index (χ1) is 8.37.